The number of rotatable bonds is 4. The van der Waals surface area contributed by atoms with Crippen LogP contribution in [0.5, 0.6) is 5.75 Å². The summed E-state index contributed by atoms with van der Waals surface area (Å²) in [7, 11) is 3.35. The van der Waals surface area contributed by atoms with E-state index in [4.69, 9.17) is 4.74 Å². The third-order valence-corrected chi connectivity index (χ3v) is 4.97. The number of para-hydroxylation sites is 2. The maximum absolute atomic E-state index is 12.6. The lowest BCUT2D eigenvalue weighted by atomic mass is 10.1. The molecule has 3 rings (SSSR count). The Labute approximate surface area is 203 Å². The summed E-state index contributed by atoms with van der Waals surface area (Å²) >= 11 is 0. The molecule has 0 bridgehead atoms. The van der Waals surface area contributed by atoms with Crippen LogP contribution in [0.1, 0.15) is 17.5 Å². The zero-order valence-corrected chi connectivity index (χ0v) is 20.2. The first-order chi connectivity index (χ1) is 14.9. The van der Waals surface area contributed by atoms with E-state index in [-0.39, 0.29) is 30.0 Å². The van der Waals surface area contributed by atoms with Gasteiger partial charge < -0.3 is 20.3 Å². The van der Waals surface area contributed by atoms with E-state index >= 15 is 0 Å². The van der Waals surface area contributed by atoms with E-state index in [0.717, 1.165) is 43.1 Å². The van der Waals surface area contributed by atoms with Gasteiger partial charge >= 0.3 is 6.18 Å². The van der Waals surface area contributed by atoms with Crippen LogP contribution < -0.4 is 20.3 Å². The van der Waals surface area contributed by atoms with E-state index in [2.05, 4.69) is 32.4 Å². The minimum atomic E-state index is -4.34. The summed E-state index contributed by atoms with van der Waals surface area (Å²) < 4.78 is 43.3. The Kier molecular flexibility index (Phi) is 9.50. The van der Waals surface area contributed by atoms with Gasteiger partial charge in [0, 0.05) is 31.7 Å². The lowest BCUT2D eigenvalue weighted by molar-refractivity contribution is -0.137. The highest BCUT2D eigenvalue weighted by Gasteiger charge is 2.29. The Morgan fingerprint density at radius 3 is 2.56 bits per heavy atom. The molecule has 1 unspecified atom stereocenters. The first-order valence-electron chi connectivity index (χ1n) is 9.92. The van der Waals surface area contributed by atoms with Gasteiger partial charge in [-0.25, -0.2) is 0 Å². The van der Waals surface area contributed by atoms with Gasteiger partial charge in [0.05, 0.1) is 24.9 Å². The van der Waals surface area contributed by atoms with E-state index in [1.54, 1.807) is 14.2 Å². The molecule has 1 atom stereocenters. The second kappa shape index (κ2) is 11.9. The number of aliphatic imine (C=N–C) groups is 1. The quantitative estimate of drug-likeness (QED) is 0.257. The largest absolute Gasteiger partial charge is 0.495 e. The van der Waals surface area contributed by atoms with Crippen LogP contribution in [-0.4, -0.2) is 45.8 Å². The fourth-order valence-electron chi connectivity index (χ4n) is 3.39. The molecular weight excluding hydrogens is 532 g/mol. The number of nitrogens with zero attached hydrogens (tertiary/aromatic N) is 2. The van der Waals surface area contributed by atoms with Crippen LogP contribution in [0.15, 0.2) is 53.5 Å². The lowest BCUT2D eigenvalue weighted by Gasteiger charge is -2.22. The molecule has 1 aliphatic rings. The molecule has 5 nitrogen and oxygen atoms in total. The molecule has 0 amide bonds. The number of benzene rings is 2. The Hall–Kier alpha value is -2.61. The molecule has 9 heteroatoms. The highest BCUT2D eigenvalue weighted by Crippen LogP contribution is 2.30. The number of hydrogen-bond acceptors (Lipinski definition) is 3. The van der Waals surface area contributed by atoms with Crippen LogP contribution in [0.3, 0.4) is 0 Å². The van der Waals surface area contributed by atoms with Crippen LogP contribution in [-0.2, 0) is 6.18 Å². The third kappa shape index (κ3) is 6.95. The van der Waals surface area contributed by atoms with Gasteiger partial charge in [-0.1, -0.05) is 24.0 Å². The van der Waals surface area contributed by atoms with Crippen LogP contribution in [0, 0.1) is 11.8 Å². The SMILES string of the molecule is CN=C(NCC#Cc1ccc(C(F)(F)F)cc1)NC1CCN(c2ccccc2OC)C1.I. The second-order valence-electron chi connectivity index (χ2n) is 7.05. The van der Waals surface area contributed by atoms with Gasteiger partial charge in [-0.2, -0.15) is 13.2 Å². The van der Waals surface area contributed by atoms with Crippen LogP contribution in [0.2, 0.25) is 0 Å². The van der Waals surface area contributed by atoms with Crippen molar-refractivity contribution in [2.45, 2.75) is 18.6 Å². The summed E-state index contributed by atoms with van der Waals surface area (Å²) in [4.78, 5) is 6.50. The van der Waals surface area contributed by atoms with Crippen molar-refractivity contribution in [3.63, 3.8) is 0 Å². The van der Waals surface area contributed by atoms with Gasteiger partial charge in [0.15, 0.2) is 5.96 Å². The van der Waals surface area contributed by atoms with Crippen molar-refractivity contribution in [2.75, 3.05) is 38.7 Å². The topological polar surface area (TPSA) is 48.9 Å². The summed E-state index contributed by atoms with van der Waals surface area (Å²) in [6.45, 7) is 2.05. The van der Waals surface area contributed by atoms with Gasteiger partial charge in [0.2, 0.25) is 0 Å². The van der Waals surface area contributed by atoms with E-state index < -0.39 is 11.7 Å². The molecule has 2 aromatic rings. The van der Waals surface area contributed by atoms with Gasteiger partial charge in [0.25, 0.3) is 0 Å². The molecule has 2 N–H and O–H groups in total. The fraction of sp³-hybridized carbons (Fsp3) is 0.348. The number of methoxy groups -OCH3 is 1. The monoisotopic (exact) mass is 558 g/mol. The smallest absolute Gasteiger partial charge is 0.416 e. The zero-order chi connectivity index (χ0) is 22.3. The zero-order valence-electron chi connectivity index (χ0n) is 17.9. The fourth-order valence-corrected chi connectivity index (χ4v) is 3.39. The third-order valence-electron chi connectivity index (χ3n) is 4.97. The molecule has 0 saturated carbocycles. The minimum absolute atomic E-state index is 0. The van der Waals surface area contributed by atoms with Crippen LogP contribution >= 0.6 is 24.0 Å². The standard InChI is InChI=1S/C23H25F3N4O.HI/c1-27-22(28-14-5-6-17-9-11-18(12-10-17)23(24,25)26)29-19-13-15-30(16-19)20-7-3-4-8-21(20)31-2;/h3-4,7-12,19H,13-16H2,1-2H3,(H2,27,28,29);1H. The number of guanidine groups is 1. The van der Waals surface area contributed by atoms with Crippen molar-refractivity contribution in [1.82, 2.24) is 10.6 Å². The average Bonchev–Trinajstić information content (AvgIpc) is 3.23. The normalized spacial score (nSPS) is 16.0. The molecule has 2 aromatic carbocycles. The maximum atomic E-state index is 12.6. The second-order valence-corrected chi connectivity index (χ2v) is 7.05. The van der Waals surface area contributed by atoms with Crippen molar-refractivity contribution in [2.24, 2.45) is 4.99 Å². The number of hydrogen-bond donors (Lipinski definition) is 2. The van der Waals surface area contributed by atoms with Gasteiger partial charge in [0.1, 0.15) is 5.75 Å². The van der Waals surface area contributed by atoms with Crippen LogP contribution in [0.25, 0.3) is 0 Å². The van der Waals surface area contributed by atoms with Gasteiger partial charge in [-0.3, -0.25) is 4.99 Å². The molecule has 0 spiro atoms. The predicted molar refractivity (Wildman–Crippen MR) is 132 cm³/mol. The Morgan fingerprint density at radius 1 is 1.19 bits per heavy atom. The molecule has 1 fully saturated rings. The lowest BCUT2D eigenvalue weighted by Crippen LogP contribution is -2.44. The Bertz CT molecular complexity index is 968. The number of nitrogens with one attached hydrogen (secondary N) is 2. The molecule has 1 heterocycles. The first-order valence-corrected chi connectivity index (χ1v) is 9.92. The average molecular weight is 558 g/mol. The van der Waals surface area contributed by atoms with E-state index in [0.29, 0.717) is 18.1 Å². The summed E-state index contributed by atoms with van der Waals surface area (Å²) in [6.07, 6.45) is -3.39. The number of anilines is 1. The van der Waals surface area contributed by atoms with Crippen molar-refractivity contribution in [3.8, 4) is 17.6 Å². The Morgan fingerprint density at radius 2 is 1.91 bits per heavy atom. The van der Waals surface area contributed by atoms with Crippen molar-refractivity contribution in [3.05, 3.63) is 59.7 Å². The molecule has 0 aromatic heterocycles. The van der Waals surface area contributed by atoms with E-state index in [1.165, 1.54) is 12.1 Å². The highest BCUT2D eigenvalue weighted by atomic mass is 127. The molecule has 32 heavy (non-hydrogen) atoms. The minimum Gasteiger partial charge on any atom is -0.495 e. The summed E-state index contributed by atoms with van der Waals surface area (Å²) in [5.74, 6) is 7.25. The number of alkyl halides is 3. The first kappa shape index (κ1) is 25.6. The van der Waals surface area contributed by atoms with Gasteiger partial charge in [-0.15, -0.1) is 24.0 Å². The summed E-state index contributed by atoms with van der Waals surface area (Å²) in [5, 5.41) is 6.51. The molecular formula is C23H26F3IN4O. The molecule has 172 valence electrons. The Balaban J connectivity index is 0.00000363. The molecule has 0 radical (unpaired) electrons. The van der Waals surface area contributed by atoms with Gasteiger partial charge in [-0.05, 0) is 42.8 Å². The summed E-state index contributed by atoms with van der Waals surface area (Å²) in [5.41, 5.74) is 0.917. The number of halogens is 4. The summed E-state index contributed by atoms with van der Waals surface area (Å²) in [6, 6.07) is 13.0. The molecule has 0 aliphatic carbocycles. The van der Waals surface area contributed by atoms with E-state index in [9.17, 15) is 13.2 Å². The van der Waals surface area contributed by atoms with Crippen molar-refractivity contribution < 1.29 is 17.9 Å². The van der Waals surface area contributed by atoms with Crippen molar-refractivity contribution in [1.29, 1.82) is 0 Å². The highest BCUT2D eigenvalue weighted by molar-refractivity contribution is 14.0. The molecule has 1 saturated heterocycles. The van der Waals surface area contributed by atoms with E-state index in [1.807, 2.05) is 24.3 Å². The molecule has 1 aliphatic heterocycles. The predicted octanol–water partition coefficient (Wildman–Crippen LogP) is 4.13. The maximum Gasteiger partial charge on any atom is 0.416 e. The van der Waals surface area contributed by atoms with Crippen LogP contribution in [0.4, 0.5) is 18.9 Å². The van der Waals surface area contributed by atoms with Crippen molar-refractivity contribution >= 4 is 35.6 Å². The number of ether oxygens (including phenoxy) is 1.